The van der Waals surface area contributed by atoms with Crippen molar-refractivity contribution < 1.29 is 14.3 Å². The van der Waals surface area contributed by atoms with Crippen LogP contribution in [-0.4, -0.2) is 35.2 Å². The molecule has 3 N–H and O–H groups in total. The number of aryl methyl sites for hydroxylation is 1. The fourth-order valence-corrected chi connectivity index (χ4v) is 2.13. The topological polar surface area (TPSA) is 107 Å². The monoisotopic (exact) mass is 336 g/mol. The van der Waals surface area contributed by atoms with Crippen molar-refractivity contribution in [3.63, 3.8) is 0 Å². The van der Waals surface area contributed by atoms with Crippen molar-refractivity contribution in [2.75, 3.05) is 12.4 Å². The minimum Gasteiger partial charge on any atom is -0.469 e. The van der Waals surface area contributed by atoms with Crippen molar-refractivity contribution in [2.45, 2.75) is 39.2 Å². The summed E-state index contributed by atoms with van der Waals surface area (Å²) in [7, 11) is 1.36. The van der Waals surface area contributed by atoms with Gasteiger partial charge < -0.3 is 15.8 Å². The molecule has 0 fully saturated rings. The van der Waals surface area contributed by atoms with Crippen LogP contribution in [0.1, 0.15) is 31.7 Å². The Morgan fingerprint density at radius 1 is 1.38 bits per heavy atom. The van der Waals surface area contributed by atoms with Crippen LogP contribution in [0.3, 0.4) is 0 Å². The molecule has 0 radical (unpaired) electrons. The highest BCUT2D eigenvalue weighted by Crippen LogP contribution is 2.18. The summed E-state index contributed by atoms with van der Waals surface area (Å²) in [5.74, 6) is -0.701. The number of nitrogens with two attached hydrogens (primary N) is 1. The summed E-state index contributed by atoms with van der Waals surface area (Å²) in [4.78, 5) is 22.8. The van der Waals surface area contributed by atoms with Crippen LogP contribution in [-0.2, 0) is 20.7 Å². The molecule has 1 rings (SSSR count). The molecule has 1 aromatic heterocycles. The number of hydrogen-bond donors (Lipinski definition) is 2. The second-order valence-corrected chi connectivity index (χ2v) is 5.63. The average Bonchev–Trinajstić information content (AvgIpc) is 2.84. The summed E-state index contributed by atoms with van der Waals surface area (Å²) in [6, 6.07) is -0.220. The minimum absolute atomic E-state index is 0. The van der Waals surface area contributed by atoms with Crippen LogP contribution < -0.4 is 11.1 Å². The van der Waals surface area contributed by atoms with Crippen LogP contribution in [0.5, 0.6) is 0 Å². The molecule has 120 valence electrons. The molecular weight excluding hydrogens is 316 g/mol. The summed E-state index contributed by atoms with van der Waals surface area (Å²) >= 11 is 1.30. The number of methoxy groups -OCH3 is 1. The van der Waals surface area contributed by atoms with E-state index in [0.717, 1.165) is 5.01 Å². The van der Waals surface area contributed by atoms with Crippen LogP contribution in [0.15, 0.2) is 0 Å². The zero-order valence-corrected chi connectivity index (χ0v) is 13.9. The van der Waals surface area contributed by atoms with E-state index in [1.54, 1.807) is 13.8 Å². The van der Waals surface area contributed by atoms with Gasteiger partial charge in [0.15, 0.2) is 0 Å². The highest BCUT2D eigenvalue weighted by molar-refractivity contribution is 7.15. The molecule has 21 heavy (non-hydrogen) atoms. The first-order chi connectivity index (χ1) is 9.43. The predicted molar refractivity (Wildman–Crippen MR) is 83.6 cm³/mol. The van der Waals surface area contributed by atoms with Gasteiger partial charge in [-0.1, -0.05) is 18.3 Å². The number of nitrogens with zero attached hydrogens (tertiary/aromatic N) is 2. The molecule has 0 aliphatic rings. The van der Waals surface area contributed by atoms with E-state index >= 15 is 0 Å². The predicted octanol–water partition coefficient (Wildman–Crippen LogP) is 1.38. The smallest absolute Gasteiger partial charge is 0.305 e. The lowest BCUT2D eigenvalue weighted by molar-refractivity contribution is -0.140. The van der Waals surface area contributed by atoms with Gasteiger partial charge in [-0.25, -0.2) is 0 Å². The average molecular weight is 337 g/mol. The first-order valence-corrected chi connectivity index (χ1v) is 7.21. The van der Waals surface area contributed by atoms with Crippen molar-refractivity contribution in [1.29, 1.82) is 0 Å². The molecule has 2 atom stereocenters. The van der Waals surface area contributed by atoms with Gasteiger partial charge in [-0.05, 0) is 13.3 Å². The summed E-state index contributed by atoms with van der Waals surface area (Å²) in [6.45, 7) is 3.54. The molecule has 2 unspecified atom stereocenters. The first kappa shape index (κ1) is 19.8. The molecule has 1 amide bonds. The summed E-state index contributed by atoms with van der Waals surface area (Å²) in [5, 5.41) is 11.8. The summed E-state index contributed by atoms with van der Waals surface area (Å²) in [5.41, 5.74) is 5.67. The standard InChI is InChI=1S/C12H20N4O3S.ClH/c1-7(8(2)13)11(18)14-12-16-15-9(20-12)5-4-6-10(17)19-3;/h7-8H,4-6,13H2,1-3H3,(H,14,16,18);1H. The van der Waals surface area contributed by atoms with Crippen LogP contribution >= 0.6 is 23.7 Å². The van der Waals surface area contributed by atoms with Gasteiger partial charge in [-0.2, -0.15) is 0 Å². The number of anilines is 1. The Kier molecular flexibility index (Phi) is 9.07. The molecule has 0 aliphatic carbocycles. The molecule has 0 aromatic carbocycles. The number of aromatic nitrogens is 2. The third-order valence-corrected chi connectivity index (χ3v) is 3.80. The highest BCUT2D eigenvalue weighted by atomic mass is 35.5. The minimum atomic E-state index is -0.290. The van der Waals surface area contributed by atoms with Gasteiger partial charge in [0.1, 0.15) is 5.01 Å². The second-order valence-electron chi connectivity index (χ2n) is 4.57. The Hall–Kier alpha value is -1.25. The Morgan fingerprint density at radius 3 is 2.62 bits per heavy atom. The number of carbonyl (C=O) groups excluding carboxylic acids is 2. The lowest BCUT2D eigenvalue weighted by Gasteiger charge is -2.13. The SMILES string of the molecule is COC(=O)CCCc1nnc(NC(=O)C(C)C(C)N)s1.Cl. The molecule has 1 heterocycles. The number of rotatable bonds is 7. The van der Waals surface area contributed by atoms with Gasteiger partial charge >= 0.3 is 5.97 Å². The molecule has 9 heteroatoms. The van der Waals surface area contributed by atoms with E-state index in [4.69, 9.17) is 5.73 Å². The van der Waals surface area contributed by atoms with Gasteiger partial charge in [0.05, 0.1) is 13.0 Å². The van der Waals surface area contributed by atoms with Crippen LogP contribution in [0.25, 0.3) is 0 Å². The third-order valence-electron chi connectivity index (χ3n) is 2.90. The van der Waals surface area contributed by atoms with E-state index in [1.807, 2.05) is 0 Å². The van der Waals surface area contributed by atoms with Gasteiger partial charge in [0.2, 0.25) is 11.0 Å². The molecule has 0 spiro atoms. The molecule has 0 saturated carbocycles. The Balaban J connectivity index is 0.00000400. The lowest BCUT2D eigenvalue weighted by atomic mass is 10.0. The van der Waals surface area contributed by atoms with Crippen LogP contribution in [0, 0.1) is 5.92 Å². The molecular formula is C12H21ClN4O3S. The van der Waals surface area contributed by atoms with Crippen molar-refractivity contribution in [3.05, 3.63) is 5.01 Å². The molecule has 0 aliphatic heterocycles. The van der Waals surface area contributed by atoms with Gasteiger partial charge in [0, 0.05) is 18.9 Å². The maximum Gasteiger partial charge on any atom is 0.305 e. The van der Waals surface area contributed by atoms with Gasteiger partial charge in [0.25, 0.3) is 0 Å². The number of carbonyl (C=O) groups is 2. The Morgan fingerprint density at radius 2 is 2.05 bits per heavy atom. The first-order valence-electron chi connectivity index (χ1n) is 6.39. The largest absolute Gasteiger partial charge is 0.469 e. The van der Waals surface area contributed by atoms with E-state index < -0.39 is 0 Å². The number of halogens is 1. The number of esters is 1. The van der Waals surface area contributed by atoms with Gasteiger partial charge in [-0.15, -0.1) is 22.6 Å². The number of hydrogen-bond acceptors (Lipinski definition) is 7. The van der Waals surface area contributed by atoms with Gasteiger partial charge in [-0.3, -0.25) is 9.59 Å². The van der Waals surface area contributed by atoms with E-state index in [1.165, 1.54) is 18.4 Å². The van der Waals surface area contributed by atoms with Crippen molar-refractivity contribution in [3.8, 4) is 0 Å². The molecule has 7 nitrogen and oxygen atoms in total. The van der Waals surface area contributed by atoms with E-state index in [-0.39, 0.29) is 36.2 Å². The zero-order chi connectivity index (χ0) is 15.1. The maximum absolute atomic E-state index is 11.8. The van der Waals surface area contributed by atoms with Crippen molar-refractivity contribution in [2.24, 2.45) is 11.7 Å². The third kappa shape index (κ3) is 6.83. The van der Waals surface area contributed by atoms with Crippen molar-refractivity contribution >= 4 is 40.8 Å². The highest BCUT2D eigenvalue weighted by Gasteiger charge is 2.18. The fraction of sp³-hybridized carbons (Fsp3) is 0.667. The summed E-state index contributed by atoms with van der Waals surface area (Å²) in [6.07, 6.45) is 1.62. The zero-order valence-electron chi connectivity index (χ0n) is 12.3. The Labute approximate surface area is 134 Å². The number of ether oxygens (including phenoxy) is 1. The molecule has 0 saturated heterocycles. The van der Waals surface area contributed by atoms with E-state index in [9.17, 15) is 9.59 Å². The van der Waals surface area contributed by atoms with Crippen molar-refractivity contribution in [1.82, 2.24) is 10.2 Å². The van der Waals surface area contributed by atoms with E-state index in [0.29, 0.717) is 24.4 Å². The maximum atomic E-state index is 11.8. The van der Waals surface area contributed by atoms with E-state index in [2.05, 4.69) is 20.3 Å². The summed E-state index contributed by atoms with van der Waals surface area (Å²) < 4.78 is 4.55. The van der Waals surface area contributed by atoms with Crippen LogP contribution in [0.4, 0.5) is 5.13 Å². The van der Waals surface area contributed by atoms with Crippen LogP contribution in [0.2, 0.25) is 0 Å². The number of amides is 1. The second kappa shape index (κ2) is 9.64. The Bertz CT molecular complexity index is 467. The lowest BCUT2D eigenvalue weighted by Crippen LogP contribution is -2.34. The normalized spacial score (nSPS) is 13.0. The quantitative estimate of drug-likeness (QED) is 0.728. The number of nitrogens with one attached hydrogen (secondary N) is 1. The fourth-order valence-electron chi connectivity index (χ4n) is 1.35. The molecule has 0 bridgehead atoms. The molecule has 1 aromatic rings.